The minimum Gasteiger partial charge on any atom is -0.384 e. The molecule has 0 spiro atoms. The number of alkyl halides is 3. The molecule has 0 unspecified atom stereocenters. The van der Waals surface area contributed by atoms with Gasteiger partial charge in [-0.25, -0.2) is 23.1 Å². The van der Waals surface area contributed by atoms with Crippen molar-refractivity contribution in [2.75, 3.05) is 37.9 Å². The maximum Gasteiger partial charge on any atom is 0.255 e. The maximum atomic E-state index is 12.5. The summed E-state index contributed by atoms with van der Waals surface area (Å²) in [7, 11) is 3.75. The zero-order chi connectivity index (χ0) is 24.2. The van der Waals surface area contributed by atoms with E-state index in [1.807, 2.05) is 34.9 Å². The van der Waals surface area contributed by atoms with E-state index in [9.17, 15) is 18.0 Å². The predicted octanol–water partition coefficient (Wildman–Crippen LogP) is 4.37. The van der Waals surface area contributed by atoms with E-state index >= 15 is 0 Å². The highest BCUT2D eigenvalue weighted by Crippen LogP contribution is 2.19. The zero-order valence-corrected chi connectivity index (χ0v) is 19.1. The summed E-state index contributed by atoms with van der Waals surface area (Å²) in [6.07, 6.45) is 3.21. The number of aliphatic imine (C=N–C) groups is 1. The first-order chi connectivity index (χ1) is 14.8. The molecule has 1 aromatic rings. The fourth-order valence-corrected chi connectivity index (χ4v) is 1.92. The van der Waals surface area contributed by atoms with E-state index in [1.165, 1.54) is 25.3 Å². The lowest BCUT2D eigenvalue weighted by Crippen LogP contribution is -2.12. The Balaban J connectivity index is 0. The van der Waals surface area contributed by atoms with Crippen molar-refractivity contribution < 1.29 is 18.0 Å². The molecule has 10 heteroatoms. The van der Waals surface area contributed by atoms with Crippen LogP contribution in [0.25, 0.3) is 0 Å². The molecule has 1 heterocycles. The number of nitrogens with one attached hydrogen (secondary N) is 3. The summed E-state index contributed by atoms with van der Waals surface area (Å²) >= 11 is 0. The molecule has 0 saturated carbocycles. The molecule has 31 heavy (non-hydrogen) atoms. The molecule has 0 aliphatic rings. The summed E-state index contributed by atoms with van der Waals surface area (Å²) in [6.45, 7) is 6.12. The Morgan fingerprint density at radius 1 is 1.32 bits per heavy atom. The van der Waals surface area contributed by atoms with Gasteiger partial charge >= 0.3 is 0 Å². The summed E-state index contributed by atoms with van der Waals surface area (Å²) in [4.78, 5) is 19.0. The van der Waals surface area contributed by atoms with E-state index in [4.69, 9.17) is 5.73 Å². The summed E-state index contributed by atoms with van der Waals surface area (Å²) in [5.41, 5.74) is 6.94. The van der Waals surface area contributed by atoms with Crippen molar-refractivity contribution in [3.63, 3.8) is 0 Å². The Morgan fingerprint density at radius 3 is 2.42 bits per heavy atom. The number of allylic oxidation sites excluding steroid dienone is 2. The van der Waals surface area contributed by atoms with Gasteiger partial charge in [-0.05, 0) is 27.4 Å². The van der Waals surface area contributed by atoms with Gasteiger partial charge in [0.25, 0.3) is 6.43 Å². The fourth-order valence-electron chi connectivity index (χ4n) is 1.92. The van der Waals surface area contributed by atoms with E-state index in [-0.39, 0.29) is 22.8 Å². The summed E-state index contributed by atoms with van der Waals surface area (Å²) < 4.78 is 37.3. The molecule has 0 atom stereocenters. The smallest absolute Gasteiger partial charge is 0.255 e. The monoisotopic (exact) mass is 444 g/mol. The lowest BCUT2D eigenvalue weighted by atomic mass is 10.2. The molecule has 0 aliphatic carbocycles. The van der Waals surface area contributed by atoms with Crippen LogP contribution in [0.1, 0.15) is 44.5 Å². The highest BCUT2D eigenvalue weighted by Gasteiger charge is 2.08. The van der Waals surface area contributed by atoms with Crippen molar-refractivity contribution in [1.82, 2.24) is 10.3 Å². The number of hydrogen-bond donors (Lipinski definition) is 4. The van der Waals surface area contributed by atoms with Crippen molar-refractivity contribution in [3.05, 3.63) is 41.5 Å². The molecule has 0 amide bonds. The Labute approximate surface area is 183 Å². The SMILES string of the molecule is CC.CC/C=C(/C=C(N)\N=C(/C)CF)Nc1cc(NCC(F)F)c(C=O)cn1.CNC. The summed E-state index contributed by atoms with van der Waals surface area (Å²) in [5, 5.41) is 8.22. The second-order valence-corrected chi connectivity index (χ2v) is 5.79. The van der Waals surface area contributed by atoms with Crippen LogP contribution in [0, 0.1) is 0 Å². The van der Waals surface area contributed by atoms with Gasteiger partial charge in [-0.2, -0.15) is 0 Å². The number of hydrogen-bond acceptors (Lipinski definition) is 7. The average molecular weight is 445 g/mol. The normalized spacial score (nSPS) is 11.7. The first-order valence-electron chi connectivity index (χ1n) is 9.91. The Hall–Kier alpha value is -2.88. The highest BCUT2D eigenvalue weighted by molar-refractivity contribution is 5.85. The van der Waals surface area contributed by atoms with E-state index in [0.29, 0.717) is 24.2 Å². The number of anilines is 2. The van der Waals surface area contributed by atoms with E-state index in [1.54, 1.807) is 6.08 Å². The van der Waals surface area contributed by atoms with Crippen molar-refractivity contribution in [3.8, 4) is 0 Å². The van der Waals surface area contributed by atoms with Crippen LogP contribution >= 0.6 is 0 Å². The number of carbonyl (C=O) groups is 1. The number of nitrogens with zero attached hydrogens (tertiary/aromatic N) is 2. The zero-order valence-electron chi connectivity index (χ0n) is 19.1. The van der Waals surface area contributed by atoms with Gasteiger partial charge in [0, 0.05) is 29.7 Å². The largest absolute Gasteiger partial charge is 0.384 e. The van der Waals surface area contributed by atoms with Crippen LogP contribution in [-0.2, 0) is 0 Å². The molecule has 0 aliphatic heterocycles. The molecule has 1 rings (SSSR count). The third kappa shape index (κ3) is 14.7. The molecule has 0 bridgehead atoms. The number of rotatable bonds is 10. The Bertz CT molecular complexity index is 721. The first kappa shape index (κ1) is 30.3. The van der Waals surface area contributed by atoms with E-state index < -0.39 is 19.6 Å². The first-order valence-corrected chi connectivity index (χ1v) is 9.91. The third-order valence-corrected chi connectivity index (χ3v) is 3.02. The molecule has 0 fully saturated rings. The molecule has 0 radical (unpaired) electrons. The second-order valence-electron chi connectivity index (χ2n) is 5.79. The predicted molar refractivity (Wildman–Crippen MR) is 124 cm³/mol. The number of carbonyl (C=O) groups excluding carboxylic acids is 1. The van der Waals surface area contributed by atoms with Gasteiger partial charge in [0.05, 0.1) is 17.8 Å². The summed E-state index contributed by atoms with van der Waals surface area (Å²) in [5.74, 6) is 0.426. The average Bonchev–Trinajstić information content (AvgIpc) is 2.74. The molecule has 0 saturated heterocycles. The van der Waals surface area contributed by atoms with Gasteiger partial charge in [0.15, 0.2) is 6.29 Å². The number of aldehydes is 1. The fraction of sp³-hybridized carbons (Fsp3) is 0.476. The quantitative estimate of drug-likeness (QED) is 0.243. The molecular formula is C21H35F3N6O. The lowest BCUT2D eigenvalue weighted by molar-refractivity contribution is 0.112. The summed E-state index contributed by atoms with van der Waals surface area (Å²) in [6, 6.07) is 1.44. The van der Waals surface area contributed by atoms with Gasteiger partial charge in [-0.1, -0.05) is 26.8 Å². The number of nitrogens with two attached hydrogens (primary N) is 1. The van der Waals surface area contributed by atoms with Crippen LogP contribution < -0.4 is 21.7 Å². The third-order valence-electron chi connectivity index (χ3n) is 3.02. The molecule has 176 valence electrons. The minimum atomic E-state index is -2.56. The highest BCUT2D eigenvalue weighted by atomic mass is 19.3. The van der Waals surface area contributed by atoms with Crippen LogP contribution in [0.4, 0.5) is 24.7 Å². The minimum absolute atomic E-state index is 0.105. The van der Waals surface area contributed by atoms with Crippen LogP contribution in [-0.4, -0.2) is 50.7 Å². The molecular weight excluding hydrogens is 409 g/mol. The van der Waals surface area contributed by atoms with Crippen LogP contribution in [0.2, 0.25) is 0 Å². The van der Waals surface area contributed by atoms with E-state index in [2.05, 4.69) is 25.9 Å². The van der Waals surface area contributed by atoms with Gasteiger partial charge in [0.1, 0.15) is 18.3 Å². The van der Waals surface area contributed by atoms with Crippen molar-refractivity contribution in [2.24, 2.45) is 10.7 Å². The molecule has 5 N–H and O–H groups in total. The van der Waals surface area contributed by atoms with Crippen molar-refractivity contribution in [1.29, 1.82) is 0 Å². The van der Waals surface area contributed by atoms with Gasteiger partial charge in [0.2, 0.25) is 0 Å². The van der Waals surface area contributed by atoms with E-state index in [0.717, 1.165) is 0 Å². The topological polar surface area (TPSA) is 104 Å². The number of halogens is 3. The maximum absolute atomic E-state index is 12.5. The lowest BCUT2D eigenvalue weighted by Gasteiger charge is -2.12. The standard InChI is InChI=1S/C17H22F3N5O.C2H7N.C2H6/c1-3-4-13(5-16(21)24-11(2)7-18)25-17-6-14(22-9-15(19)20)12(10-26)8-23-17;1-3-2;1-2/h4-6,8,10,15H,3,7,9,21H2,1-2H3,(H2,22,23,25);3H,1-2H3;1-2H3/b13-4-,16-5-,24-11+;;. The van der Waals surface area contributed by atoms with Crippen LogP contribution in [0.3, 0.4) is 0 Å². The number of pyridine rings is 1. The van der Waals surface area contributed by atoms with Gasteiger partial charge < -0.3 is 21.7 Å². The Morgan fingerprint density at radius 2 is 1.94 bits per heavy atom. The van der Waals surface area contributed by atoms with Crippen molar-refractivity contribution >= 4 is 23.5 Å². The number of aromatic nitrogens is 1. The Kier molecular flexibility index (Phi) is 18.7. The van der Waals surface area contributed by atoms with Crippen LogP contribution in [0.15, 0.2) is 40.9 Å². The van der Waals surface area contributed by atoms with Gasteiger partial charge in [-0.3, -0.25) is 4.79 Å². The van der Waals surface area contributed by atoms with Crippen LogP contribution in [0.5, 0.6) is 0 Å². The molecule has 1 aromatic heterocycles. The van der Waals surface area contributed by atoms with Gasteiger partial charge in [-0.15, -0.1) is 0 Å². The second kappa shape index (κ2) is 19.1. The molecule has 7 nitrogen and oxygen atoms in total. The molecule has 0 aromatic carbocycles. The van der Waals surface area contributed by atoms with Crippen molar-refractivity contribution in [2.45, 2.75) is 40.5 Å².